The predicted octanol–water partition coefficient (Wildman–Crippen LogP) is 2.64. The third kappa shape index (κ3) is 3.84. The van der Waals surface area contributed by atoms with E-state index in [-0.39, 0.29) is 11.3 Å². The molecule has 9 heteroatoms. The molecule has 0 spiro atoms. The molecule has 1 aliphatic rings. The van der Waals surface area contributed by atoms with Gasteiger partial charge in [-0.25, -0.2) is 9.69 Å². The summed E-state index contributed by atoms with van der Waals surface area (Å²) >= 11 is 0. The maximum absolute atomic E-state index is 13.0. The summed E-state index contributed by atoms with van der Waals surface area (Å²) in [5, 5.41) is 13.3. The Kier molecular flexibility index (Phi) is 5.14. The van der Waals surface area contributed by atoms with Crippen LogP contribution in [0.2, 0.25) is 0 Å². The third-order valence-electron chi connectivity index (χ3n) is 4.40. The first-order valence-corrected chi connectivity index (χ1v) is 8.63. The van der Waals surface area contributed by atoms with Crippen molar-refractivity contribution < 1.29 is 19.3 Å². The summed E-state index contributed by atoms with van der Waals surface area (Å²) in [4.78, 5) is 50.7. The molecule has 0 saturated carbocycles. The van der Waals surface area contributed by atoms with Gasteiger partial charge in [0.15, 0.2) is 0 Å². The van der Waals surface area contributed by atoms with E-state index in [0.717, 1.165) is 10.5 Å². The molecule has 3 rings (SSSR count). The monoisotopic (exact) mass is 394 g/mol. The number of anilines is 2. The molecule has 1 N–H and O–H groups in total. The molecule has 2 aromatic rings. The Morgan fingerprint density at radius 1 is 1.07 bits per heavy atom. The standard InChI is InChI=1S/C20H18N4O5/c1-12-4-6-14(7-5-12)23-19(26)16(18(25)21-20(23)27)11-13-10-15(24(28)29)8-9-17(13)22(2)3/h4-11H,1-3H3,(H,21,25,27)/b16-11-. The van der Waals surface area contributed by atoms with Gasteiger partial charge in [-0.1, -0.05) is 17.7 Å². The quantitative estimate of drug-likeness (QED) is 0.369. The van der Waals surface area contributed by atoms with Crippen molar-refractivity contribution in [2.45, 2.75) is 6.92 Å². The number of nitro benzene ring substituents is 1. The largest absolute Gasteiger partial charge is 0.377 e. The minimum absolute atomic E-state index is 0.183. The molecule has 29 heavy (non-hydrogen) atoms. The van der Waals surface area contributed by atoms with Crippen LogP contribution in [0.25, 0.3) is 6.08 Å². The van der Waals surface area contributed by atoms with Gasteiger partial charge in [-0.15, -0.1) is 0 Å². The number of nitrogens with one attached hydrogen (secondary N) is 1. The Morgan fingerprint density at radius 3 is 2.31 bits per heavy atom. The fourth-order valence-electron chi connectivity index (χ4n) is 2.92. The first kappa shape index (κ1) is 19.7. The number of nitro groups is 1. The van der Waals surface area contributed by atoms with Crippen LogP contribution in [0.3, 0.4) is 0 Å². The number of benzene rings is 2. The van der Waals surface area contributed by atoms with Crippen LogP contribution in [0, 0.1) is 17.0 Å². The highest BCUT2D eigenvalue weighted by Crippen LogP contribution is 2.28. The number of amides is 4. The Hall–Kier alpha value is -4.01. The molecule has 1 aliphatic heterocycles. The highest BCUT2D eigenvalue weighted by molar-refractivity contribution is 6.39. The number of barbiturate groups is 1. The molecule has 9 nitrogen and oxygen atoms in total. The SMILES string of the molecule is Cc1ccc(N2C(=O)NC(=O)/C(=C/c3cc([N+](=O)[O-])ccc3N(C)C)C2=O)cc1. The third-order valence-corrected chi connectivity index (χ3v) is 4.40. The van der Waals surface area contributed by atoms with Gasteiger partial charge >= 0.3 is 6.03 Å². The summed E-state index contributed by atoms with van der Waals surface area (Å²) in [6.07, 6.45) is 1.26. The first-order chi connectivity index (χ1) is 13.7. The summed E-state index contributed by atoms with van der Waals surface area (Å²) in [6, 6.07) is 9.95. The fraction of sp³-hybridized carbons (Fsp3) is 0.150. The Balaban J connectivity index is 2.10. The first-order valence-electron chi connectivity index (χ1n) is 8.63. The summed E-state index contributed by atoms with van der Waals surface area (Å²) in [7, 11) is 3.46. The number of non-ortho nitro benzene ring substituents is 1. The number of hydrogen-bond donors (Lipinski definition) is 1. The predicted molar refractivity (Wildman–Crippen MR) is 108 cm³/mol. The van der Waals surface area contributed by atoms with E-state index in [9.17, 15) is 24.5 Å². The molecule has 0 bridgehead atoms. The molecule has 1 heterocycles. The van der Waals surface area contributed by atoms with E-state index in [2.05, 4.69) is 5.32 Å². The average Bonchev–Trinajstić information content (AvgIpc) is 2.66. The second-order valence-electron chi connectivity index (χ2n) is 6.69. The van der Waals surface area contributed by atoms with Crippen molar-refractivity contribution in [3.8, 4) is 0 Å². The summed E-state index contributed by atoms with van der Waals surface area (Å²) in [5.41, 5.74) is 1.65. The number of aryl methyl sites for hydroxylation is 1. The van der Waals surface area contributed by atoms with Gasteiger partial charge in [0.2, 0.25) is 0 Å². The molecule has 0 unspecified atom stereocenters. The minimum atomic E-state index is -0.862. The second-order valence-corrected chi connectivity index (χ2v) is 6.69. The maximum Gasteiger partial charge on any atom is 0.335 e. The number of carbonyl (C=O) groups excluding carboxylic acids is 3. The van der Waals surface area contributed by atoms with Crippen LogP contribution in [0.1, 0.15) is 11.1 Å². The molecule has 148 valence electrons. The van der Waals surface area contributed by atoms with Crippen LogP contribution in [-0.4, -0.2) is 36.9 Å². The van der Waals surface area contributed by atoms with E-state index in [0.29, 0.717) is 16.9 Å². The summed E-state index contributed by atoms with van der Waals surface area (Å²) < 4.78 is 0. The highest BCUT2D eigenvalue weighted by atomic mass is 16.6. The van der Waals surface area contributed by atoms with Gasteiger partial charge in [-0.2, -0.15) is 0 Å². The van der Waals surface area contributed by atoms with Crippen LogP contribution < -0.4 is 15.1 Å². The normalized spacial score (nSPS) is 15.5. The molecule has 0 radical (unpaired) electrons. The lowest BCUT2D eigenvalue weighted by atomic mass is 10.0. The molecule has 0 aromatic heterocycles. The Labute approximate surface area is 166 Å². The lowest BCUT2D eigenvalue weighted by Gasteiger charge is -2.26. The molecule has 4 amide bonds. The second kappa shape index (κ2) is 7.55. The van der Waals surface area contributed by atoms with Crippen LogP contribution in [0.5, 0.6) is 0 Å². The molecule has 1 saturated heterocycles. The lowest BCUT2D eigenvalue weighted by Crippen LogP contribution is -2.54. The number of carbonyl (C=O) groups is 3. The molecular formula is C20H18N4O5. The van der Waals surface area contributed by atoms with Crippen molar-refractivity contribution >= 4 is 41.0 Å². The van der Waals surface area contributed by atoms with Crippen molar-refractivity contribution in [1.82, 2.24) is 5.32 Å². The maximum atomic E-state index is 13.0. The van der Waals surface area contributed by atoms with Crippen LogP contribution in [0.4, 0.5) is 21.9 Å². The number of nitrogens with zero attached hydrogens (tertiary/aromatic N) is 3. The number of rotatable bonds is 4. The smallest absolute Gasteiger partial charge is 0.335 e. The molecular weight excluding hydrogens is 376 g/mol. The van der Waals surface area contributed by atoms with Crippen molar-refractivity contribution in [3.05, 3.63) is 69.3 Å². The van der Waals surface area contributed by atoms with Crippen LogP contribution in [-0.2, 0) is 9.59 Å². The van der Waals surface area contributed by atoms with Gasteiger partial charge in [-0.3, -0.25) is 25.0 Å². The van der Waals surface area contributed by atoms with Crippen molar-refractivity contribution in [3.63, 3.8) is 0 Å². The molecule has 1 fully saturated rings. The van der Waals surface area contributed by atoms with Crippen LogP contribution in [0.15, 0.2) is 48.0 Å². The van der Waals surface area contributed by atoms with Gasteiger partial charge in [0.25, 0.3) is 17.5 Å². The zero-order valence-electron chi connectivity index (χ0n) is 16.0. The number of urea groups is 1. The molecule has 0 atom stereocenters. The Morgan fingerprint density at radius 2 is 1.72 bits per heavy atom. The van der Waals surface area contributed by atoms with Crippen molar-refractivity contribution in [2.75, 3.05) is 23.9 Å². The highest BCUT2D eigenvalue weighted by Gasteiger charge is 2.37. The van der Waals surface area contributed by atoms with Gasteiger partial charge in [0.1, 0.15) is 5.57 Å². The summed E-state index contributed by atoms with van der Waals surface area (Å²) in [5.74, 6) is -1.67. The van der Waals surface area contributed by atoms with Gasteiger partial charge < -0.3 is 4.90 Å². The van der Waals surface area contributed by atoms with E-state index >= 15 is 0 Å². The van der Waals surface area contributed by atoms with Gasteiger partial charge in [-0.05, 0) is 31.2 Å². The van der Waals surface area contributed by atoms with Crippen LogP contribution >= 0.6 is 0 Å². The van der Waals surface area contributed by atoms with Gasteiger partial charge in [0.05, 0.1) is 10.6 Å². The number of imide groups is 2. The van der Waals surface area contributed by atoms with E-state index in [1.807, 2.05) is 6.92 Å². The van der Waals surface area contributed by atoms with E-state index in [1.165, 1.54) is 24.3 Å². The van der Waals surface area contributed by atoms with E-state index in [4.69, 9.17) is 0 Å². The van der Waals surface area contributed by atoms with Crippen molar-refractivity contribution in [2.24, 2.45) is 0 Å². The van der Waals surface area contributed by atoms with E-state index in [1.54, 1.807) is 43.3 Å². The topological polar surface area (TPSA) is 113 Å². The molecule has 2 aromatic carbocycles. The zero-order valence-corrected chi connectivity index (χ0v) is 16.0. The Bertz CT molecular complexity index is 1060. The number of hydrogen-bond acceptors (Lipinski definition) is 6. The lowest BCUT2D eigenvalue weighted by molar-refractivity contribution is -0.384. The van der Waals surface area contributed by atoms with E-state index < -0.39 is 22.8 Å². The minimum Gasteiger partial charge on any atom is -0.377 e. The average molecular weight is 394 g/mol. The molecule has 0 aliphatic carbocycles. The zero-order chi connectivity index (χ0) is 21.3. The summed E-state index contributed by atoms with van der Waals surface area (Å²) in [6.45, 7) is 1.86. The fourth-order valence-corrected chi connectivity index (χ4v) is 2.92. The van der Waals surface area contributed by atoms with Crippen molar-refractivity contribution in [1.29, 1.82) is 0 Å². The van der Waals surface area contributed by atoms with Gasteiger partial charge in [0, 0.05) is 37.5 Å².